The first-order chi connectivity index (χ1) is 6.09. The standard InChI is InChI=1S/C11H17NO/c1-8(2)10-4-5-11(12-7-10)6-9(3)13/h4-5,7-9,13H,6H2,1-3H3. The molecule has 0 bridgehead atoms. The first-order valence-corrected chi connectivity index (χ1v) is 4.72. The lowest BCUT2D eigenvalue weighted by Gasteiger charge is -2.06. The third kappa shape index (κ3) is 3.15. The van der Waals surface area contributed by atoms with Crippen LogP contribution in [-0.2, 0) is 6.42 Å². The van der Waals surface area contributed by atoms with Gasteiger partial charge in [0.2, 0.25) is 0 Å². The highest BCUT2D eigenvalue weighted by atomic mass is 16.3. The topological polar surface area (TPSA) is 33.1 Å². The molecule has 72 valence electrons. The fourth-order valence-corrected chi connectivity index (χ4v) is 1.20. The van der Waals surface area contributed by atoms with Crippen LogP contribution in [0.25, 0.3) is 0 Å². The molecule has 2 nitrogen and oxygen atoms in total. The first kappa shape index (κ1) is 10.2. The zero-order chi connectivity index (χ0) is 9.84. The van der Waals surface area contributed by atoms with Crippen LogP contribution >= 0.6 is 0 Å². The Morgan fingerprint density at radius 2 is 2.00 bits per heavy atom. The normalized spacial score (nSPS) is 13.3. The molecule has 0 aliphatic rings. The molecular weight excluding hydrogens is 162 g/mol. The molecule has 1 aromatic heterocycles. The summed E-state index contributed by atoms with van der Waals surface area (Å²) in [5.74, 6) is 0.521. The van der Waals surface area contributed by atoms with Crippen LogP contribution in [0.5, 0.6) is 0 Å². The highest BCUT2D eigenvalue weighted by Crippen LogP contribution is 2.13. The average molecular weight is 179 g/mol. The molecule has 0 amide bonds. The minimum Gasteiger partial charge on any atom is -0.393 e. The molecule has 0 fully saturated rings. The van der Waals surface area contributed by atoms with Crippen molar-refractivity contribution in [3.8, 4) is 0 Å². The molecule has 0 radical (unpaired) electrons. The van der Waals surface area contributed by atoms with Crippen molar-refractivity contribution < 1.29 is 5.11 Å². The molecule has 1 atom stereocenters. The van der Waals surface area contributed by atoms with Gasteiger partial charge in [-0.2, -0.15) is 0 Å². The fourth-order valence-electron chi connectivity index (χ4n) is 1.20. The Morgan fingerprint density at radius 3 is 2.38 bits per heavy atom. The van der Waals surface area contributed by atoms with Gasteiger partial charge >= 0.3 is 0 Å². The van der Waals surface area contributed by atoms with Crippen LogP contribution in [0.3, 0.4) is 0 Å². The van der Waals surface area contributed by atoms with Crippen molar-refractivity contribution in [1.82, 2.24) is 4.98 Å². The molecule has 1 aromatic rings. The molecule has 0 aliphatic carbocycles. The van der Waals surface area contributed by atoms with E-state index in [4.69, 9.17) is 5.11 Å². The summed E-state index contributed by atoms with van der Waals surface area (Å²) in [5.41, 5.74) is 2.20. The monoisotopic (exact) mass is 179 g/mol. The van der Waals surface area contributed by atoms with E-state index in [-0.39, 0.29) is 6.10 Å². The van der Waals surface area contributed by atoms with Crippen molar-refractivity contribution in [2.45, 2.75) is 39.2 Å². The van der Waals surface area contributed by atoms with Gasteiger partial charge in [0.15, 0.2) is 0 Å². The quantitative estimate of drug-likeness (QED) is 0.771. The number of hydrogen-bond acceptors (Lipinski definition) is 2. The molecule has 0 aromatic carbocycles. The van der Waals surface area contributed by atoms with Crippen molar-refractivity contribution in [2.75, 3.05) is 0 Å². The predicted octanol–water partition coefficient (Wildman–Crippen LogP) is 2.13. The molecule has 13 heavy (non-hydrogen) atoms. The summed E-state index contributed by atoms with van der Waals surface area (Å²) in [6, 6.07) is 4.07. The SMILES string of the molecule is CC(O)Cc1ccc(C(C)C)cn1. The van der Waals surface area contributed by atoms with E-state index in [0.717, 1.165) is 5.69 Å². The van der Waals surface area contributed by atoms with Gasteiger partial charge in [0.25, 0.3) is 0 Å². The molecule has 1 N–H and O–H groups in total. The molecule has 0 spiro atoms. The van der Waals surface area contributed by atoms with E-state index >= 15 is 0 Å². The molecule has 0 saturated carbocycles. The number of nitrogens with zero attached hydrogens (tertiary/aromatic N) is 1. The van der Waals surface area contributed by atoms with E-state index in [1.807, 2.05) is 12.3 Å². The summed E-state index contributed by atoms with van der Waals surface area (Å²) in [6.07, 6.45) is 2.22. The maximum absolute atomic E-state index is 9.14. The molecule has 0 saturated heterocycles. The van der Waals surface area contributed by atoms with Gasteiger partial charge in [0, 0.05) is 18.3 Å². The summed E-state index contributed by atoms with van der Waals surface area (Å²) in [6.45, 7) is 6.06. The Hall–Kier alpha value is -0.890. The Kier molecular flexibility index (Phi) is 3.43. The third-order valence-electron chi connectivity index (χ3n) is 2.02. The summed E-state index contributed by atoms with van der Waals surface area (Å²) < 4.78 is 0. The van der Waals surface area contributed by atoms with Gasteiger partial charge in [0.05, 0.1) is 6.10 Å². The predicted molar refractivity (Wildman–Crippen MR) is 53.7 cm³/mol. The number of aliphatic hydroxyl groups is 1. The third-order valence-corrected chi connectivity index (χ3v) is 2.02. The molecule has 1 heterocycles. The minimum atomic E-state index is -0.308. The second-order valence-electron chi connectivity index (χ2n) is 3.79. The van der Waals surface area contributed by atoms with E-state index in [1.165, 1.54) is 5.56 Å². The molecule has 2 heteroatoms. The van der Waals surface area contributed by atoms with Crippen LogP contribution in [0.15, 0.2) is 18.3 Å². The summed E-state index contributed by atoms with van der Waals surface area (Å²) in [4.78, 5) is 4.28. The van der Waals surface area contributed by atoms with Crippen molar-refractivity contribution in [3.05, 3.63) is 29.6 Å². The van der Waals surface area contributed by atoms with E-state index in [9.17, 15) is 0 Å². The van der Waals surface area contributed by atoms with Crippen LogP contribution < -0.4 is 0 Å². The van der Waals surface area contributed by atoms with Gasteiger partial charge in [-0.3, -0.25) is 4.98 Å². The number of aromatic nitrogens is 1. The summed E-state index contributed by atoms with van der Waals surface area (Å²) >= 11 is 0. The Balaban J connectivity index is 2.70. The zero-order valence-corrected chi connectivity index (χ0v) is 8.49. The van der Waals surface area contributed by atoms with E-state index < -0.39 is 0 Å². The van der Waals surface area contributed by atoms with Gasteiger partial charge in [-0.05, 0) is 24.5 Å². The van der Waals surface area contributed by atoms with Crippen molar-refractivity contribution in [2.24, 2.45) is 0 Å². The highest BCUT2D eigenvalue weighted by molar-refractivity contribution is 5.17. The summed E-state index contributed by atoms with van der Waals surface area (Å²) in [7, 11) is 0. The van der Waals surface area contributed by atoms with Gasteiger partial charge in [-0.15, -0.1) is 0 Å². The van der Waals surface area contributed by atoms with E-state index in [2.05, 4.69) is 24.9 Å². The first-order valence-electron chi connectivity index (χ1n) is 4.72. The maximum atomic E-state index is 9.14. The molecular formula is C11H17NO. The number of aliphatic hydroxyl groups excluding tert-OH is 1. The minimum absolute atomic E-state index is 0.308. The average Bonchev–Trinajstić information content (AvgIpc) is 2.04. The second kappa shape index (κ2) is 4.38. The zero-order valence-electron chi connectivity index (χ0n) is 8.49. The molecule has 1 unspecified atom stereocenters. The van der Waals surface area contributed by atoms with E-state index in [0.29, 0.717) is 12.3 Å². The van der Waals surface area contributed by atoms with Crippen molar-refractivity contribution in [3.63, 3.8) is 0 Å². The maximum Gasteiger partial charge on any atom is 0.0567 e. The van der Waals surface area contributed by atoms with Gasteiger partial charge in [-0.1, -0.05) is 19.9 Å². The van der Waals surface area contributed by atoms with Crippen LogP contribution in [0.4, 0.5) is 0 Å². The Morgan fingerprint density at radius 1 is 1.31 bits per heavy atom. The largest absolute Gasteiger partial charge is 0.393 e. The second-order valence-corrected chi connectivity index (χ2v) is 3.79. The molecule has 0 aliphatic heterocycles. The lowest BCUT2D eigenvalue weighted by Crippen LogP contribution is -2.06. The van der Waals surface area contributed by atoms with Gasteiger partial charge in [0.1, 0.15) is 0 Å². The van der Waals surface area contributed by atoms with Crippen LogP contribution in [0.2, 0.25) is 0 Å². The van der Waals surface area contributed by atoms with Gasteiger partial charge < -0.3 is 5.11 Å². The van der Waals surface area contributed by atoms with Crippen LogP contribution in [0, 0.1) is 0 Å². The number of rotatable bonds is 3. The lowest BCUT2D eigenvalue weighted by atomic mass is 10.1. The van der Waals surface area contributed by atoms with Crippen LogP contribution in [0.1, 0.15) is 37.9 Å². The lowest BCUT2D eigenvalue weighted by molar-refractivity contribution is 0.194. The van der Waals surface area contributed by atoms with E-state index in [1.54, 1.807) is 6.92 Å². The Bertz CT molecular complexity index is 251. The smallest absolute Gasteiger partial charge is 0.0567 e. The fraction of sp³-hybridized carbons (Fsp3) is 0.545. The van der Waals surface area contributed by atoms with Crippen molar-refractivity contribution in [1.29, 1.82) is 0 Å². The highest BCUT2D eigenvalue weighted by Gasteiger charge is 2.02. The number of hydrogen-bond donors (Lipinski definition) is 1. The molecule has 1 rings (SSSR count). The van der Waals surface area contributed by atoms with Crippen molar-refractivity contribution >= 4 is 0 Å². The number of pyridine rings is 1. The Labute approximate surface area is 79.6 Å². The van der Waals surface area contributed by atoms with Crippen LogP contribution in [-0.4, -0.2) is 16.2 Å². The summed E-state index contributed by atoms with van der Waals surface area (Å²) in [5, 5.41) is 9.14. The van der Waals surface area contributed by atoms with Gasteiger partial charge in [-0.25, -0.2) is 0 Å².